The van der Waals surface area contributed by atoms with Crippen molar-refractivity contribution in [3.05, 3.63) is 77.2 Å². The Kier molecular flexibility index (Phi) is 6.68. The topological polar surface area (TPSA) is 132 Å². The van der Waals surface area contributed by atoms with E-state index in [9.17, 15) is 23.1 Å². The summed E-state index contributed by atoms with van der Waals surface area (Å²) in [5, 5.41) is 21.8. The fraction of sp³-hybridized carbons (Fsp3) is 0.240. The largest absolute Gasteiger partial charge is 0.453 e. The molecule has 0 unspecified atom stereocenters. The molecule has 0 saturated carbocycles. The van der Waals surface area contributed by atoms with Crippen LogP contribution in [0.1, 0.15) is 28.6 Å². The maximum absolute atomic E-state index is 13.1. The van der Waals surface area contributed by atoms with Gasteiger partial charge in [0.2, 0.25) is 11.9 Å². The maximum atomic E-state index is 13.1. The van der Waals surface area contributed by atoms with Crippen LogP contribution in [-0.2, 0) is 23.9 Å². The lowest BCUT2D eigenvalue weighted by Crippen LogP contribution is -2.32. The first-order valence-electron chi connectivity index (χ1n) is 11.6. The summed E-state index contributed by atoms with van der Waals surface area (Å²) in [5.41, 5.74) is 3.48. The Morgan fingerprint density at radius 1 is 1.13 bits per heavy atom. The molecule has 5 rings (SSSR count). The summed E-state index contributed by atoms with van der Waals surface area (Å²) in [5.74, 6) is -1.15. The molecule has 1 atom stereocenters. The number of carbonyl (C=O) groups is 1. The van der Waals surface area contributed by atoms with Crippen LogP contribution >= 0.6 is 0 Å². The molecule has 0 spiro atoms. The van der Waals surface area contributed by atoms with Crippen LogP contribution < -0.4 is 10.6 Å². The molecule has 0 aliphatic carbocycles. The number of aromatic nitrogens is 5. The summed E-state index contributed by atoms with van der Waals surface area (Å²) >= 11 is 0. The number of H-pyrrole nitrogens is 1. The third-order valence-corrected chi connectivity index (χ3v) is 6.12. The highest BCUT2D eigenvalue weighted by atomic mass is 19.4. The quantitative estimate of drug-likeness (QED) is 0.288. The van der Waals surface area contributed by atoms with E-state index in [4.69, 9.17) is 0 Å². The molecule has 38 heavy (non-hydrogen) atoms. The van der Waals surface area contributed by atoms with Crippen LogP contribution in [0.15, 0.2) is 54.7 Å². The number of hydrogen-bond donors (Lipinski definition) is 4. The Morgan fingerprint density at radius 2 is 1.92 bits per heavy atom. The van der Waals surface area contributed by atoms with Crippen LogP contribution in [0.25, 0.3) is 11.4 Å². The van der Waals surface area contributed by atoms with Crippen molar-refractivity contribution in [1.82, 2.24) is 30.0 Å². The van der Waals surface area contributed by atoms with Crippen molar-refractivity contribution in [3.63, 3.8) is 0 Å². The highest BCUT2D eigenvalue weighted by Crippen LogP contribution is 2.32. The van der Waals surface area contributed by atoms with Gasteiger partial charge in [-0.2, -0.15) is 18.2 Å². The number of amides is 1. The number of aliphatic hydroxyl groups is 1. The summed E-state index contributed by atoms with van der Waals surface area (Å²) < 4.78 is 39.4. The molecule has 1 aliphatic rings. The average Bonchev–Trinajstić information content (AvgIpc) is 3.40. The summed E-state index contributed by atoms with van der Waals surface area (Å²) in [6.45, 7) is 0.163. The predicted molar refractivity (Wildman–Crippen MR) is 132 cm³/mol. The van der Waals surface area contributed by atoms with Crippen LogP contribution in [0.3, 0.4) is 0 Å². The van der Waals surface area contributed by atoms with Gasteiger partial charge in [0.05, 0.1) is 24.6 Å². The molecular formula is C25H23F3N8O2. The molecule has 1 aliphatic heterocycles. The highest BCUT2D eigenvalue weighted by Gasteiger charge is 2.36. The molecule has 13 heteroatoms. The molecule has 10 nitrogen and oxygen atoms in total. The zero-order chi connectivity index (χ0) is 26.9. The Labute approximate surface area is 215 Å². The van der Waals surface area contributed by atoms with Crippen LogP contribution in [0.4, 0.5) is 30.6 Å². The molecule has 0 fully saturated rings. The molecule has 1 amide bonds. The van der Waals surface area contributed by atoms with Gasteiger partial charge in [-0.1, -0.05) is 36.4 Å². The van der Waals surface area contributed by atoms with Gasteiger partial charge >= 0.3 is 6.18 Å². The van der Waals surface area contributed by atoms with Gasteiger partial charge in [-0.15, -0.1) is 5.10 Å². The van der Waals surface area contributed by atoms with Gasteiger partial charge in [0.25, 0.3) is 5.82 Å². The lowest BCUT2D eigenvalue weighted by molar-refractivity contribution is -0.144. The number of likely N-dealkylation sites (N-methyl/N-ethyl adjacent to an activating group) is 1. The van der Waals surface area contributed by atoms with Gasteiger partial charge in [0.1, 0.15) is 5.82 Å². The molecule has 0 saturated heterocycles. The third kappa shape index (κ3) is 5.27. The predicted octanol–water partition coefficient (Wildman–Crippen LogP) is 3.68. The zero-order valence-corrected chi connectivity index (χ0v) is 20.1. The normalized spacial score (nSPS) is 14.2. The van der Waals surface area contributed by atoms with Crippen LogP contribution in [0, 0.1) is 0 Å². The SMILES string of the molecule is CN1Cc2cc(Nc3ncc(-c4nc(C(F)(F)F)n[nH]4)c(N[C@H](CO)c4ccccc4)n3)ccc2CC1=O. The van der Waals surface area contributed by atoms with Crippen molar-refractivity contribution >= 4 is 23.4 Å². The number of carbonyl (C=O) groups excluding carboxylic acids is 1. The van der Waals surface area contributed by atoms with E-state index in [-0.39, 0.29) is 35.7 Å². The Bertz CT molecular complexity index is 1460. The second-order valence-corrected chi connectivity index (χ2v) is 8.79. The first kappa shape index (κ1) is 25.1. The number of alkyl halides is 3. The number of anilines is 3. The first-order valence-corrected chi connectivity index (χ1v) is 11.6. The molecule has 0 radical (unpaired) electrons. The van der Waals surface area contributed by atoms with Crippen molar-refractivity contribution in [3.8, 4) is 11.4 Å². The van der Waals surface area contributed by atoms with Crippen molar-refractivity contribution in [1.29, 1.82) is 0 Å². The lowest BCUT2D eigenvalue weighted by atomic mass is 9.99. The lowest BCUT2D eigenvalue weighted by Gasteiger charge is -2.25. The first-order chi connectivity index (χ1) is 18.2. The number of nitrogens with one attached hydrogen (secondary N) is 3. The van der Waals surface area contributed by atoms with E-state index < -0.39 is 18.0 Å². The van der Waals surface area contributed by atoms with Gasteiger partial charge in [0.15, 0.2) is 5.82 Å². The van der Waals surface area contributed by atoms with Crippen LogP contribution in [0.5, 0.6) is 0 Å². The minimum absolute atomic E-state index is 0.0470. The number of nitrogens with zero attached hydrogens (tertiary/aromatic N) is 5. The minimum atomic E-state index is -4.73. The number of benzene rings is 2. The van der Waals surface area contributed by atoms with Crippen molar-refractivity contribution in [2.24, 2.45) is 0 Å². The molecule has 2 aromatic heterocycles. The standard InChI is InChI=1S/C25H23F3N8O2/c1-36-12-16-9-17(8-7-15(16)10-20(36)38)30-24-29-11-18(22-32-23(35-34-22)25(26,27)28)21(33-24)31-19(13-37)14-5-3-2-4-6-14/h2-9,11,19,37H,10,12-13H2,1H3,(H,32,34,35)(H2,29,30,31,33)/t19-/m1/s1. The molecule has 3 heterocycles. The molecule has 0 bridgehead atoms. The van der Waals surface area contributed by atoms with E-state index in [1.54, 1.807) is 42.3 Å². The van der Waals surface area contributed by atoms with E-state index in [1.807, 2.05) is 18.2 Å². The molecule has 2 aromatic carbocycles. The van der Waals surface area contributed by atoms with E-state index in [1.165, 1.54) is 6.20 Å². The number of halogens is 3. The van der Waals surface area contributed by atoms with E-state index in [2.05, 4.69) is 35.8 Å². The summed E-state index contributed by atoms with van der Waals surface area (Å²) in [4.78, 5) is 26.0. The fourth-order valence-electron chi connectivity index (χ4n) is 4.11. The third-order valence-electron chi connectivity index (χ3n) is 6.12. The molecule has 4 aromatic rings. The van der Waals surface area contributed by atoms with Gasteiger partial charge < -0.3 is 20.6 Å². The smallest absolute Gasteiger partial charge is 0.394 e. The van der Waals surface area contributed by atoms with Crippen molar-refractivity contribution < 1.29 is 23.1 Å². The maximum Gasteiger partial charge on any atom is 0.453 e. The average molecular weight is 525 g/mol. The highest BCUT2D eigenvalue weighted by molar-refractivity contribution is 5.81. The minimum Gasteiger partial charge on any atom is -0.394 e. The Hall–Kier alpha value is -4.52. The van der Waals surface area contributed by atoms with Crippen molar-refractivity contribution in [2.45, 2.75) is 25.2 Å². The molecular weight excluding hydrogens is 501 g/mol. The number of hydrogen-bond acceptors (Lipinski definition) is 8. The van der Waals surface area contributed by atoms with Gasteiger partial charge in [-0.05, 0) is 28.8 Å². The summed E-state index contributed by atoms with van der Waals surface area (Å²) in [7, 11) is 1.74. The fourth-order valence-corrected chi connectivity index (χ4v) is 4.11. The van der Waals surface area contributed by atoms with Gasteiger partial charge in [-0.3, -0.25) is 9.89 Å². The van der Waals surface area contributed by atoms with Gasteiger partial charge in [-0.25, -0.2) is 9.97 Å². The van der Waals surface area contributed by atoms with E-state index in [0.717, 1.165) is 16.7 Å². The second kappa shape index (κ2) is 10.1. The Balaban J connectivity index is 1.49. The van der Waals surface area contributed by atoms with E-state index in [0.29, 0.717) is 18.7 Å². The number of aliphatic hydroxyl groups excluding tert-OH is 1. The van der Waals surface area contributed by atoms with Crippen molar-refractivity contribution in [2.75, 3.05) is 24.3 Å². The second-order valence-electron chi connectivity index (χ2n) is 8.79. The molecule has 4 N–H and O–H groups in total. The number of aromatic amines is 1. The number of rotatable bonds is 7. The van der Waals surface area contributed by atoms with Crippen LogP contribution in [0.2, 0.25) is 0 Å². The Morgan fingerprint density at radius 3 is 2.63 bits per heavy atom. The summed E-state index contributed by atoms with van der Waals surface area (Å²) in [6, 6.07) is 14.0. The van der Waals surface area contributed by atoms with Crippen LogP contribution in [-0.4, -0.2) is 54.7 Å². The van der Waals surface area contributed by atoms with Gasteiger partial charge in [0, 0.05) is 25.5 Å². The number of fused-ring (bicyclic) bond motifs is 1. The zero-order valence-electron chi connectivity index (χ0n) is 20.1. The summed E-state index contributed by atoms with van der Waals surface area (Å²) in [6.07, 6.45) is -3.08. The molecule has 196 valence electrons. The monoisotopic (exact) mass is 524 g/mol. The van der Waals surface area contributed by atoms with E-state index >= 15 is 0 Å².